The summed E-state index contributed by atoms with van der Waals surface area (Å²) in [6, 6.07) is -0.106. The Morgan fingerprint density at radius 1 is 1.91 bits per heavy atom. The highest BCUT2D eigenvalue weighted by molar-refractivity contribution is 5.71. The van der Waals surface area contributed by atoms with Gasteiger partial charge in [0.1, 0.15) is 0 Å². The average molecular weight is 156 g/mol. The van der Waals surface area contributed by atoms with Gasteiger partial charge in [-0.05, 0) is 6.42 Å². The third-order valence-corrected chi connectivity index (χ3v) is 1.52. The molecule has 0 bridgehead atoms. The molecule has 0 aliphatic carbocycles. The quantitative estimate of drug-likeness (QED) is 0.492. The van der Waals surface area contributed by atoms with Crippen molar-refractivity contribution in [1.29, 1.82) is 0 Å². The van der Waals surface area contributed by atoms with Crippen molar-refractivity contribution in [3.8, 4) is 0 Å². The van der Waals surface area contributed by atoms with E-state index in [9.17, 15) is 4.79 Å². The van der Waals surface area contributed by atoms with Crippen LogP contribution in [0.5, 0.6) is 0 Å². The Hall–Kier alpha value is -1.26. The first-order valence-electron chi connectivity index (χ1n) is 3.56. The van der Waals surface area contributed by atoms with Crippen LogP contribution in [0.4, 0.5) is 4.79 Å². The van der Waals surface area contributed by atoms with Gasteiger partial charge in [-0.3, -0.25) is 4.99 Å². The molecule has 0 fully saturated rings. The zero-order valence-electron chi connectivity index (χ0n) is 6.21. The van der Waals surface area contributed by atoms with Crippen LogP contribution in [0.3, 0.4) is 0 Å². The van der Waals surface area contributed by atoms with E-state index in [0.29, 0.717) is 12.6 Å². The van der Waals surface area contributed by atoms with E-state index < -0.39 is 6.03 Å². The molecule has 62 valence electrons. The van der Waals surface area contributed by atoms with E-state index in [2.05, 4.69) is 15.6 Å². The van der Waals surface area contributed by atoms with E-state index in [1.165, 1.54) is 0 Å². The summed E-state index contributed by atoms with van der Waals surface area (Å²) in [5, 5.41) is 5.56. The summed E-state index contributed by atoms with van der Waals surface area (Å²) in [4.78, 5) is 14.2. The van der Waals surface area contributed by atoms with Crippen LogP contribution in [-0.4, -0.2) is 31.5 Å². The molecule has 0 aromatic rings. The Morgan fingerprint density at radius 3 is 3.27 bits per heavy atom. The summed E-state index contributed by atoms with van der Waals surface area (Å²) < 4.78 is 0. The maximum Gasteiger partial charge on any atom is 0.312 e. The van der Waals surface area contributed by atoms with Crippen LogP contribution < -0.4 is 16.4 Å². The molecule has 1 atom stereocenters. The molecule has 5 heteroatoms. The van der Waals surface area contributed by atoms with Gasteiger partial charge in [0, 0.05) is 12.6 Å². The molecule has 0 spiro atoms. The van der Waals surface area contributed by atoms with E-state index in [1.807, 2.05) is 0 Å². The molecule has 0 aromatic carbocycles. The number of primary amides is 1. The SMILES string of the molecule is NC(=O)NCCC1CN=CN1. The van der Waals surface area contributed by atoms with E-state index in [1.54, 1.807) is 6.34 Å². The van der Waals surface area contributed by atoms with Crippen LogP contribution >= 0.6 is 0 Å². The zero-order chi connectivity index (χ0) is 8.10. The number of nitrogens with one attached hydrogen (secondary N) is 2. The fourth-order valence-electron chi connectivity index (χ4n) is 0.935. The summed E-state index contributed by atoms with van der Waals surface area (Å²) >= 11 is 0. The van der Waals surface area contributed by atoms with Crippen LogP contribution in [0, 0.1) is 0 Å². The molecule has 0 aromatic heterocycles. The lowest BCUT2D eigenvalue weighted by Gasteiger charge is -2.08. The average Bonchev–Trinajstić information content (AvgIpc) is 2.39. The molecule has 0 saturated heterocycles. The van der Waals surface area contributed by atoms with Gasteiger partial charge in [0.05, 0.1) is 12.9 Å². The molecule has 1 rings (SSSR count). The van der Waals surface area contributed by atoms with Gasteiger partial charge in [0.2, 0.25) is 0 Å². The molecular weight excluding hydrogens is 144 g/mol. The van der Waals surface area contributed by atoms with Crippen molar-refractivity contribution in [3.05, 3.63) is 0 Å². The number of rotatable bonds is 3. The number of urea groups is 1. The van der Waals surface area contributed by atoms with Crippen LogP contribution in [-0.2, 0) is 0 Å². The maximum absolute atomic E-state index is 10.2. The zero-order valence-corrected chi connectivity index (χ0v) is 6.21. The molecule has 1 unspecified atom stereocenters. The van der Waals surface area contributed by atoms with Crippen molar-refractivity contribution in [2.24, 2.45) is 10.7 Å². The fraction of sp³-hybridized carbons (Fsp3) is 0.667. The second-order valence-corrected chi connectivity index (χ2v) is 2.44. The summed E-state index contributed by atoms with van der Waals surface area (Å²) in [7, 11) is 0. The lowest BCUT2D eigenvalue weighted by Crippen LogP contribution is -2.34. The van der Waals surface area contributed by atoms with Crippen molar-refractivity contribution in [1.82, 2.24) is 10.6 Å². The van der Waals surface area contributed by atoms with E-state index in [0.717, 1.165) is 13.0 Å². The molecule has 0 saturated carbocycles. The minimum absolute atomic E-state index is 0.363. The normalized spacial score (nSPS) is 21.3. The number of carbonyl (C=O) groups excluding carboxylic acids is 1. The molecule has 1 aliphatic heterocycles. The molecule has 1 heterocycles. The first-order valence-corrected chi connectivity index (χ1v) is 3.56. The number of hydrogen-bond donors (Lipinski definition) is 3. The lowest BCUT2D eigenvalue weighted by atomic mass is 10.2. The van der Waals surface area contributed by atoms with E-state index in [-0.39, 0.29) is 0 Å². The molecule has 2 amide bonds. The Bertz CT molecular complexity index is 160. The Morgan fingerprint density at radius 2 is 2.73 bits per heavy atom. The summed E-state index contributed by atoms with van der Waals surface area (Å²) in [5.74, 6) is 0. The van der Waals surface area contributed by atoms with Crippen molar-refractivity contribution in [2.45, 2.75) is 12.5 Å². The number of nitrogens with two attached hydrogens (primary N) is 1. The first kappa shape index (κ1) is 7.84. The molecule has 0 radical (unpaired) electrons. The highest BCUT2D eigenvalue weighted by atomic mass is 16.2. The number of amides is 2. The smallest absolute Gasteiger partial charge is 0.312 e. The monoisotopic (exact) mass is 156 g/mol. The van der Waals surface area contributed by atoms with Gasteiger partial charge in [0.25, 0.3) is 0 Å². The molecular formula is C6H12N4O. The molecule has 4 N–H and O–H groups in total. The van der Waals surface area contributed by atoms with E-state index in [4.69, 9.17) is 5.73 Å². The van der Waals surface area contributed by atoms with Crippen molar-refractivity contribution < 1.29 is 4.79 Å². The number of carbonyl (C=O) groups is 1. The van der Waals surface area contributed by atoms with Crippen LogP contribution in [0.2, 0.25) is 0 Å². The number of nitrogens with zero attached hydrogens (tertiary/aromatic N) is 1. The number of hydrogen-bond acceptors (Lipinski definition) is 3. The lowest BCUT2D eigenvalue weighted by molar-refractivity contribution is 0.248. The minimum Gasteiger partial charge on any atom is -0.372 e. The summed E-state index contributed by atoms with van der Waals surface area (Å²) in [6.07, 6.45) is 2.55. The van der Waals surface area contributed by atoms with Gasteiger partial charge in [-0.25, -0.2) is 4.79 Å². The number of aliphatic imine (C=N–C) groups is 1. The van der Waals surface area contributed by atoms with Gasteiger partial charge in [-0.1, -0.05) is 0 Å². The van der Waals surface area contributed by atoms with Gasteiger partial charge in [-0.15, -0.1) is 0 Å². The van der Waals surface area contributed by atoms with Crippen molar-refractivity contribution in [3.63, 3.8) is 0 Å². The highest BCUT2D eigenvalue weighted by Gasteiger charge is 2.08. The van der Waals surface area contributed by atoms with Crippen LogP contribution in [0.1, 0.15) is 6.42 Å². The van der Waals surface area contributed by atoms with Crippen LogP contribution in [0.25, 0.3) is 0 Å². The predicted molar refractivity (Wildman–Crippen MR) is 42.5 cm³/mol. The van der Waals surface area contributed by atoms with Crippen molar-refractivity contribution >= 4 is 12.4 Å². The van der Waals surface area contributed by atoms with Gasteiger partial charge in [0.15, 0.2) is 0 Å². The summed E-state index contributed by atoms with van der Waals surface area (Å²) in [5.41, 5.74) is 4.88. The third kappa shape index (κ3) is 2.88. The second kappa shape index (κ2) is 3.80. The first-order chi connectivity index (χ1) is 5.29. The highest BCUT2D eigenvalue weighted by Crippen LogP contribution is 1.94. The molecule has 11 heavy (non-hydrogen) atoms. The third-order valence-electron chi connectivity index (χ3n) is 1.52. The topological polar surface area (TPSA) is 79.5 Å². The predicted octanol–water partition coefficient (Wildman–Crippen LogP) is -0.955. The largest absolute Gasteiger partial charge is 0.372 e. The van der Waals surface area contributed by atoms with Gasteiger partial charge >= 0.3 is 6.03 Å². The standard InChI is InChI=1S/C6H12N4O/c7-6(11)9-2-1-5-3-8-4-10-5/h4-5H,1-3H2,(H,8,10)(H3,7,9,11). The maximum atomic E-state index is 10.2. The van der Waals surface area contributed by atoms with Gasteiger partial charge in [-0.2, -0.15) is 0 Å². The van der Waals surface area contributed by atoms with Crippen molar-refractivity contribution in [2.75, 3.05) is 13.1 Å². The minimum atomic E-state index is -0.469. The fourth-order valence-corrected chi connectivity index (χ4v) is 0.935. The summed E-state index contributed by atoms with van der Waals surface area (Å²) in [6.45, 7) is 1.40. The van der Waals surface area contributed by atoms with Crippen LogP contribution in [0.15, 0.2) is 4.99 Å². The molecule has 1 aliphatic rings. The van der Waals surface area contributed by atoms with Gasteiger partial charge < -0.3 is 16.4 Å². The Kier molecular flexibility index (Phi) is 2.71. The Labute approximate surface area is 65.1 Å². The van der Waals surface area contributed by atoms with E-state index >= 15 is 0 Å². The molecule has 5 nitrogen and oxygen atoms in total. The Balaban J connectivity index is 1.99. The second-order valence-electron chi connectivity index (χ2n) is 2.44.